The summed E-state index contributed by atoms with van der Waals surface area (Å²) in [6.07, 6.45) is 6.53. The Labute approximate surface area is 144 Å². The van der Waals surface area contributed by atoms with Gasteiger partial charge in [0, 0.05) is 23.9 Å². The van der Waals surface area contributed by atoms with Crippen molar-refractivity contribution in [3.05, 3.63) is 48.5 Å². The summed E-state index contributed by atoms with van der Waals surface area (Å²) in [7, 11) is 0. The van der Waals surface area contributed by atoms with E-state index in [-0.39, 0.29) is 6.29 Å². The molecule has 1 unspecified atom stereocenters. The van der Waals surface area contributed by atoms with E-state index in [0.29, 0.717) is 5.69 Å². The van der Waals surface area contributed by atoms with Gasteiger partial charge < -0.3 is 20.9 Å². The highest BCUT2D eigenvalue weighted by atomic mass is 16.7. The summed E-state index contributed by atoms with van der Waals surface area (Å²) in [5.74, 6) is 1.48. The van der Waals surface area contributed by atoms with Gasteiger partial charge in [0.15, 0.2) is 0 Å². The lowest BCUT2D eigenvalue weighted by Gasteiger charge is -2.21. The molecule has 0 aliphatic rings. The third-order valence-electron chi connectivity index (χ3n) is 3.82. The molecular weight excluding hydrogens is 300 g/mol. The Kier molecular flexibility index (Phi) is 7.27. The monoisotopic (exact) mass is 328 g/mol. The zero-order valence-electron chi connectivity index (χ0n) is 14.4. The fourth-order valence-corrected chi connectivity index (χ4v) is 2.49. The van der Waals surface area contributed by atoms with Crippen LogP contribution >= 0.6 is 0 Å². The fraction of sp³-hybridized carbons (Fsp3) is 0.400. The Hall–Kier alpha value is -2.36. The molecule has 0 fully saturated rings. The van der Waals surface area contributed by atoms with Crippen LogP contribution in [0.5, 0.6) is 11.5 Å². The summed E-state index contributed by atoms with van der Waals surface area (Å²) < 4.78 is 12.0. The highest BCUT2D eigenvalue weighted by Crippen LogP contribution is 2.22. The highest BCUT2D eigenvalue weighted by Gasteiger charge is 2.12. The first-order chi connectivity index (χ1) is 11.7. The zero-order chi connectivity index (χ0) is 17.2. The van der Waals surface area contributed by atoms with Crippen molar-refractivity contribution in [1.82, 2.24) is 0 Å². The van der Waals surface area contributed by atoms with Gasteiger partial charge in [-0.3, -0.25) is 0 Å². The van der Waals surface area contributed by atoms with E-state index >= 15 is 0 Å². The maximum atomic E-state index is 6.00. The summed E-state index contributed by atoms with van der Waals surface area (Å²) in [5.41, 5.74) is 12.9. The average Bonchev–Trinajstić information content (AvgIpc) is 2.56. The van der Waals surface area contributed by atoms with Gasteiger partial charge in [-0.05, 0) is 42.8 Å². The molecule has 0 saturated carbocycles. The average molecular weight is 328 g/mol. The first-order valence-electron chi connectivity index (χ1n) is 8.72. The number of nitrogens with two attached hydrogens (primary N) is 2. The molecule has 2 aromatic carbocycles. The van der Waals surface area contributed by atoms with Crippen LogP contribution in [0.15, 0.2) is 48.5 Å². The maximum Gasteiger partial charge on any atom is 0.241 e. The summed E-state index contributed by atoms with van der Waals surface area (Å²) in [6.45, 7) is 2.22. The normalized spacial score (nSPS) is 11.9. The molecule has 4 heteroatoms. The minimum absolute atomic E-state index is 0.336. The number of nitrogen functional groups attached to an aromatic ring is 2. The van der Waals surface area contributed by atoms with Gasteiger partial charge in [-0.25, -0.2) is 0 Å². The topological polar surface area (TPSA) is 70.5 Å². The summed E-state index contributed by atoms with van der Waals surface area (Å²) in [4.78, 5) is 0. The van der Waals surface area contributed by atoms with Crippen LogP contribution in [0, 0.1) is 0 Å². The summed E-state index contributed by atoms with van der Waals surface area (Å²) in [5, 5.41) is 0. The lowest BCUT2D eigenvalue weighted by molar-refractivity contribution is -0.00239. The fourth-order valence-electron chi connectivity index (χ4n) is 2.49. The second kappa shape index (κ2) is 9.71. The molecule has 0 aliphatic carbocycles. The Morgan fingerprint density at radius 3 is 2.21 bits per heavy atom. The molecule has 130 valence electrons. The minimum Gasteiger partial charge on any atom is -0.455 e. The molecule has 1 atom stereocenters. The molecule has 0 bridgehead atoms. The molecule has 2 aromatic rings. The van der Waals surface area contributed by atoms with E-state index in [2.05, 4.69) is 6.92 Å². The third kappa shape index (κ3) is 6.41. The summed E-state index contributed by atoms with van der Waals surface area (Å²) >= 11 is 0. The molecule has 0 heterocycles. The van der Waals surface area contributed by atoms with Gasteiger partial charge >= 0.3 is 0 Å². The molecule has 2 rings (SSSR count). The second-order valence-electron chi connectivity index (χ2n) is 6.01. The first kappa shape index (κ1) is 18.0. The number of unbranched alkanes of at least 4 members (excludes halogenated alkanes) is 4. The largest absolute Gasteiger partial charge is 0.455 e. The van der Waals surface area contributed by atoms with Gasteiger partial charge in [-0.2, -0.15) is 0 Å². The van der Waals surface area contributed by atoms with Crippen molar-refractivity contribution in [2.45, 2.75) is 51.7 Å². The van der Waals surface area contributed by atoms with Crippen molar-refractivity contribution in [1.29, 1.82) is 0 Å². The van der Waals surface area contributed by atoms with E-state index in [9.17, 15) is 0 Å². The van der Waals surface area contributed by atoms with E-state index < -0.39 is 0 Å². The second-order valence-corrected chi connectivity index (χ2v) is 6.01. The molecule has 0 aliphatic heterocycles. The molecule has 0 amide bonds. The van der Waals surface area contributed by atoms with Crippen LogP contribution in [0.1, 0.15) is 45.4 Å². The molecule has 24 heavy (non-hydrogen) atoms. The third-order valence-corrected chi connectivity index (χ3v) is 3.82. The maximum absolute atomic E-state index is 6.00. The van der Waals surface area contributed by atoms with Crippen molar-refractivity contribution in [2.75, 3.05) is 11.5 Å². The minimum atomic E-state index is -0.336. The van der Waals surface area contributed by atoms with E-state index in [0.717, 1.165) is 30.0 Å². The number of hydrogen-bond donors (Lipinski definition) is 2. The smallest absolute Gasteiger partial charge is 0.241 e. The number of benzene rings is 2. The van der Waals surface area contributed by atoms with Crippen LogP contribution < -0.4 is 20.9 Å². The molecule has 0 spiro atoms. The number of rotatable bonds is 10. The predicted molar refractivity (Wildman–Crippen MR) is 100 cm³/mol. The van der Waals surface area contributed by atoms with Crippen molar-refractivity contribution in [3.63, 3.8) is 0 Å². The number of ether oxygens (including phenoxy) is 2. The van der Waals surface area contributed by atoms with Gasteiger partial charge in [0.05, 0.1) is 0 Å². The zero-order valence-corrected chi connectivity index (χ0v) is 14.4. The molecule has 0 radical (unpaired) electrons. The first-order valence-corrected chi connectivity index (χ1v) is 8.72. The van der Waals surface area contributed by atoms with Crippen molar-refractivity contribution < 1.29 is 9.47 Å². The Bertz CT molecular complexity index is 599. The van der Waals surface area contributed by atoms with Crippen molar-refractivity contribution in [2.24, 2.45) is 0 Å². The van der Waals surface area contributed by atoms with E-state index in [1.807, 2.05) is 48.5 Å². The van der Waals surface area contributed by atoms with Crippen LogP contribution in [-0.2, 0) is 0 Å². The van der Waals surface area contributed by atoms with Crippen LogP contribution in [0.3, 0.4) is 0 Å². The Morgan fingerprint density at radius 2 is 1.50 bits per heavy atom. The van der Waals surface area contributed by atoms with Gasteiger partial charge in [-0.15, -0.1) is 0 Å². The Morgan fingerprint density at radius 1 is 0.792 bits per heavy atom. The predicted octanol–water partition coefficient (Wildman–Crippen LogP) is 5.00. The van der Waals surface area contributed by atoms with Gasteiger partial charge in [0.2, 0.25) is 6.29 Å². The standard InChI is InChI=1S/C20H28N2O2/c1-2-3-4-5-6-10-20(23-18-13-11-16(21)12-14-18)24-19-9-7-8-17(22)15-19/h7-9,11-15,20H,2-6,10,21-22H2,1H3. The molecule has 0 saturated heterocycles. The lowest BCUT2D eigenvalue weighted by Crippen LogP contribution is -2.24. The van der Waals surface area contributed by atoms with Crippen LogP contribution in [0.2, 0.25) is 0 Å². The Balaban J connectivity index is 1.95. The van der Waals surface area contributed by atoms with Crippen molar-refractivity contribution >= 4 is 11.4 Å². The van der Waals surface area contributed by atoms with Crippen LogP contribution in [0.25, 0.3) is 0 Å². The molecule has 0 aromatic heterocycles. The van der Waals surface area contributed by atoms with Crippen molar-refractivity contribution in [3.8, 4) is 11.5 Å². The van der Waals surface area contributed by atoms with Crippen LogP contribution in [0.4, 0.5) is 11.4 Å². The highest BCUT2D eigenvalue weighted by molar-refractivity contribution is 5.44. The van der Waals surface area contributed by atoms with E-state index in [1.165, 1.54) is 25.7 Å². The molecule has 4 N–H and O–H groups in total. The van der Waals surface area contributed by atoms with Gasteiger partial charge in [-0.1, -0.05) is 38.7 Å². The quantitative estimate of drug-likeness (QED) is 0.366. The number of anilines is 2. The van der Waals surface area contributed by atoms with Gasteiger partial charge in [0.1, 0.15) is 11.5 Å². The van der Waals surface area contributed by atoms with Gasteiger partial charge in [0.25, 0.3) is 0 Å². The number of hydrogen-bond acceptors (Lipinski definition) is 4. The van der Waals surface area contributed by atoms with Crippen LogP contribution in [-0.4, -0.2) is 6.29 Å². The lowest BCUT2D eigenvalue weighted by atomic mass is 10.1. The SMILES string of the molecule is CCCCCCCC(Oc1ccc(N)cc1)Oc1cccc(N)c1. The molecular formula is C20H28N2O2. The molecule has 4 nitrogen and oxygen atoms in total. The summed E-state index contributed by atoms with van der Waals surface area (Å²) in [6, 6.07) is 14.8. The van der Waals surface area contributed by atoms with E-state index in [1.54, 1.807) is 0 Å². The van der Waals surface area contributed by atoms with E-state index in [4.69, 9.17) is 20.9 Å².